The molecule has 1 saturated carbocycles. The van der Waals surface area contributed by atoms with Crippen molar-refractivity contribution in [2.24, 2.45) is 0 Å². The van der Waals surface area contributed by atoms with Crippen molar-refractivity contribution in [1.29, 1.82) is 0 Å². The number of likely N-dealkylation sites (tertiary alicyclic amines) is 1. The van der Waals surface area contributed by atoms with Crippen molar-refractivity contribution in [3.8, 4) is 11.5 Å². The molecule has 0 amide bonds. The summed E-state index contributed by atoms with van der Waals surface area (Å²) in [7, 11) is 1.74. The molecule has 4 aliphatic rings. The number of rotatable bonds is 12. The number of benzene rings is 2. The average Bonchev–Trinajstić information content (AvgIpc) is 3.31. The van der Waals surface area contributed by atoms with E-state index in [4.69, 9.17) is 9.47 Å². The highest BCUT2D eigenvalue weighted by Crippen LogP contribution is 2.66. The zero-order valence-electron chi connectivity index (χ0n) is 24.8. The van der Waals surface area contributed by atoms with Crippen LogP contribution in [0.1, 0.15) is 75.5 Å². The molecular formula is C35H48N2O3. The second kappa shape index (κ2) is 11.2. The number of nitrogens with zero attached hydrogens (tertiary/aromatic N) is 2. The molecule has 6 rings (SSSR count). The maximum atomic E-state index is 12.8. The van der Waals surface area contributed by atoms with E-state index in [0.29, 0.717) is 6.04 Å². The van der Waals surface area contributed by atoms with Crippen LogP contribution in [0.15, 0.2) is 55.1 Å². The standard InChI is InChI=1S/C35H48N2O3/c1-5-21-36-23-20-34-31-27-16-17-29(39-4)32(31)40-33(34)28(18-19-35(34,38)30(36)24-27)37(25(2)3)22-12-7-6-9-13-26-14-10-8-11-15-26/h5,8,10-11,14-17,25,28,30,33,38H,1,6-7,9,12-13,18-24H2,2-4H3/t28?,30-,33?,34+,35-/m1/s1. The molecule has 5 atom stereocenters. The fraction of sp³-hybridized carbons (Fsp3) is 0.600. The molecule has 40 heavy (non-hydrogen) atoms. The molecule has 2 aromatic carbocycles. The Morgan fingerprint density at radius 2 is 1.93 bits per heavy atom. The maximum absolute atomic E-state index is 12.8. The van der Waals surface area contributed by atoms with Crippen LogP contribution in [-0.4, -0.2) is 71.5 Å². The van der Waals surface area contributed by atoms with Crippen LogP contribution in [0.4, 0.5) is 0 Å². The van der Waals surface area contributed by atoms with Crippen LogP contribution in [0.25, 0.3) is 0 Å². The minimum atomic E-state index is -0.805. The first-order chi connectivity index (χ1) is 19.4. The second-order valence-electron chi connectivity index (χ2n) is 12.9. The van der Waals surface area contributed by atoms with Crippen molar-refractivity contribution in [2.75, 3.05) is 26.7 Å². The zero-order chi connectivity index (χ0) is 27.9. The summed E-state index contributed by atoms with van der Waals surface area (Å²) in [6, 6.07) is 15.9. The Morgan fingerprint density at radius 1 is 1.12 bits per heavy atom. The number of ether oxygens (including phenoxy) is 2. The van der Waals surface area contributed by atoms with E-state index in [0.717, 1.165) is 56.8 Å². The average molecular weight is 545 g/mol. The summed E-state index contributed by atoms with van der Waals surface area (Å²) < 4.78 is 12.9. The predicted octanol–water partition coefficient (Wildman–Crippen LogP) is 5.92. The fourth-order valence-electron chi connectivity index (χ4n) is 8.91. The van der Waals surface area contributed by atoms with E-state index in [-0.39, 0.29) is 18.2 Å². The van der Waals surface area contributed by atoms with Crippen LogP contribution in [0.5, 0.6) is 11.5 Å². The molecule has 2 unspecified atom stereocenters. The molecule has 1 spiro atoms. The van der Waals surface area contributed by atoms with E-state index >= 15 is 0 Å². The number of hydrogen-bond donors (Lipinski definition) is 1. The minimum absolute atomic E-state index is 0.0644. The molecule has 5 nitrogen and oxygen atoms in total. The van der Waals surface area contributed by atoms with Crippen LogP contribution < -0.4 is 9.47 Å². The topological polar surface area (TPSA) is 45.2 Å². The lowest BCUT2D eigenvalue weighted by molar-refractivity contribution is -0.200. The molecule has 1 saturated heterocycles. The predicted molar refractivity (Wildman–Crippen MR) is 161 cm³/mol. The van der Waals surface area contributed by atoms with Gasteiger partial charge in [-0.1, -0.05) is 55.3 Å². The molecular weight excluding hydrogens is 496 g/mol. The van der Waals surface area contributed by atoms with Gasteiger partial charge in [0, 0.05) is 30.2 Å². The third-order valence-electron chi connectivity index (χ3n) is 10.7. The van der Waals surface area contributed by atoms with Crippen LogP contribution in [0.3, 0.4) is 0 Å². The van der Waals surface area contributed by atoms with Gasteiger partial charge in [-0.2, -0.15) is 0 Å². The van der Waals surface area contributed by atoms with E-state index in [2.05, 4.69) is 72.7 Å². The molecule has 2 aliphatic heterocycles. The molecule has 1 N–H and O–H groups in total. The number of aliphatic hydroxyl groups is 1. The molecule has 2 aliphatic carbocycles. The smallest absolute Gasteiger partial charge is 0.165 e. The summed E-state index contributed by atoms with van der Waals surface area (Å²) in [6.45, 7) is 11.5. The summed E-state index contributed by atoms with van der Waals surface area (Å²) >= 11 is 0. The lowest BCUT2D eigenvalue weighted by Gasteiger charge is -2.65. The van der Waals surface area contributed by atoms with Gasteiger partial charge in [-0.05, 0) is 89.1 Å². The Balaban J connectivity index is 1.24. The quantitative estimate of drug-likeness (QED) is 0.266. The van der Waals surface area contributed by atoms with Crippen molar-refractivity contribution in [1.82, 2.24) is 9.80 Å². The minimum Gasteiger partial charge on any atom is -0.493 e. The van der Waals surface area contributed by atoms with Gasteiger partial charge in [-0.15, -0.1) is 6.58 Å². The number of piperidine rings is 1. The number of hydrogen-bond acceptors (Lipinski definition) is 5. The van der Waals surface area contributed by atoms with Crippen molar-refractivity contribution in [3.63, 3.8) is 0 Å². The molecule has 0 radical (unpaired) electrons. The normalized spacial score (nSPS) is 30.3. The van der Waals surface area contributed by atoms with E-state index in [1.165, 1.54) is 48.8 Å². The molecule has 216 valence electrons. The Bertz CT molecular complexity index is 1200. The van der Waals surface area contributed by atoms with Gasteiger partial charge in [-0.3, -0.25) is 9.80 Å². The lowest BCUT2D eigenvalue weighted by atomic mass is 9.48. The molecule has 2 fully saturated rings. The summed E-state index contributed by atoms with van der Waals surface area (Å²) in [5, 5.41) is 12.8. The molecule has 2 heterocycles. The number of methoxy groups -OCH3 is 1. The number of aryl methyl sites for hydroxylation is 1. The van der Waals surface area contributed by atoms with E-state index in [1.807, 2.05) is 6.08 Å². The Kier molecular flexibility index (Phi) is 7.75. The SMILES string of the molecule is C=CCN1CC[C@]23c4c5ccc(OC)c4OC2C(N(CCCCCCc2ccccc2)C(C)C)CC[C@@]3(O)[C@H]1C5. The highest BCUT2D eigenvalue weighted by molar-refractivity contribution is 5.63. The summed E-state index contributed by atoms with van der Waals surface area (Å²) in [4.78, 5) is 5.17. The Morgan fingerprint density at radius 3 is 2.67 bits per heavy atom. The monoisotopic (exact) mass is 544 g/mol. The highest BCUT2D eigenvalue weighted by atomic mass is 16.5. The van der Waals surface area contributed by atoms with E-state index in [9.17, 15) is 5.11 Å². The first-order valence-corrected chi connectivity index (χ1v) is 15.7. The largest absolute Gasteiger partial charge is 0.493 e. The van der Waals surface area contributed by atoms with Gasteiger partial charge in [0.25, 0.3) is 0 Å². The maximum Gasteiger partial charge on any atom is 0.165 e. The van der Waals surface area contributed by atoms with Crippen LogP contribution in [-0.2, 0) is 18.3 Å². The first-order valence-electron chi connectivity index (χ1n) is 15.7. The van der Waals surface area contributed by atoms with Crippen molar-refractivity contribution in [3.05, 3.63) is 71.8 Å². The van der Waals surface area contributed by atoms with Gasteiger partial charge in [0.1, 0.15) is 6.10 Å². The highest BCUT2D eigenvalue weighted by Gasteiger charge is 2.73. The van der Waals surface area contributed by atoms with Crippen LogP contribution in [0, 0.1) is 0 Å². The lowest BCUT2D eigenvalue weighted by Crippen LogP contribution is -2.78. The van der Waals surface area contributed by atoms with Crippen LogP contribution in [0.2, 0.25) is 0 Å². The van der Waals surface area contributed by atoms with E-state index < -0.39 is 11.0 Å². The Hall–Kier alpha value is -2.34. The first kappa shape index (κ1) is 27.8. The van der Waals surface area contributed by atoms with Crippen molar-refractivity contribution < 1.29 is 14.6 Å². The van der Waals surface area contributed by atoms with Gasteiger partial charge in [0.2, 0.25) is 0 Å². The summed E-state index contributed by atoms with van der Waals surface area (Å²) in [6.07, 6.45) is 11.6. The molecule has 2 bridgehead atoms. The van der Waals surface area contributed by atoms with Gasteiger partial charge in [0.15, 0.2) is 11.5 Å². The third-order valence-corrected chi connectivity index (χ3v) is 10.7. The van der Waals surface area contributed by atoms with Crippen LogP contribution >= 0.6 is 0 Å². The molecule has 5 heteroatoms. The number of unbranched alkanes of at least 4 members (excludes halogenated alkanes) is 3. The van der Waals surface area contributed by atoms with Gasteiger partial charge in [-0.25, -0.2) is 0 Å². The summed E-state index contributed by atoms with van der Waals surface area (Å²) in [5.74, 6) is 1.71. The zero-order valence-corrected chi connectivity index (χ0v) is 24.8. The van der Waals surface area contributed by atoms with Crippen molar-refractivity contribution in [2.45, 2.75) is 107 Å². The Labute approximate surface area is 241 Å². The van der Waals surface area contributed by atoms with Crippen molar-refractivity contribution >= 4 is 0 Å². The van der Waals surface area contributed by atoms with Gasteiger partial charge < -0.3 is 14.6 Å². The molecule has 2 aromatic rings. The summed E-state index contributed by atoms with van der Waals surface area (Å²) in [5.41, 5.74) is 2.83. The fourth-order valence-corrected chi connectivity index (χ4v) is 8.91. The third kappa shape index (κ3) is 4.31. The van der Waals surface area contributed by atoms with Gasteiger partial charge >= 0.3 is 0 Å². The second-order valence-corrected chi connectivity index (χ2v) is 12.9. The van der Waals surface area contributed by atoms with Gasteiger partial charge in [0.05, 0.1) is 18.1 Å². The molecule has 0 aromatic heterocycles. The van der Waals surface area contributed by atoms with E-state index in [1.54, 1.807) is 7.11 Å².